The van der Waals surface area contributed by atoms with Crippen molar-refractivity contribution in [3.63, 3.8) is 0 Å². The Balaban J connectivity index is 1.08. The summed E-state index contributed by atoms with van der Waals surface area (Å²) in [4.78, 5) is 10.7. The molecule has 0 saturated heterocycles. The van der Waals surface area contributed by atoms with Gasteiger partial charge in [0.15, 0.2) is 5.82 Å². The fourth-order valence-electron chi connectivity index (χ4n) is 9.43. The van der Waals surface area contributed by atoms with Crippen LogP contribution < -0.4 is 0 Å². The van der Waals surface area contributed by atoms with Gasteiger partial charge in [-0.25, -0.2) is 9.97 Å². The van der Waals surface area contributed by atoms with Crippen molar-refractivity contribution in [2.75, 3.05) is 0 Å². The Bertz CT molecular complexity index is 3640. The van der Waals surface area contributed by atoms with E-state index in [-0.39, 0.29) is 0 Å². The summed E-state index contributed by atoms with van der Waals surface area (Å²) in [7, 11) is 0. The van der Waals surface area contributed by atoms with Crippen LogP contribution in [0.1, 0.15) is 0 Å². The van der Waals surface area contributed by atoms with Gasteiger partial charge in [0.05, 0.1) is 22.4 Å². The number of rotatable bonds is 6. The van der Waals surface area contributed by atoms with Crippen molar-refractivity contribution in [2.45, 2.75) is 0 Å². The number of aromatic nitrogens is 3. The van der Waals surface area contributed by atoms with Crippen LogP contribution in [-0.4, -0.2) is 14.5 Å². The maximum atomic E-state index is 5.37. The molecule has 0 spiro atoms. The van der Waals surface area contributed by atoms with Crippen LogP contribution in [0.4, 0.5) is 0 Å². The van der Waals surface area contributed by atoms with Crippen LogP contribution in [0.2, 0.25) is 0 Å². The largest absolute Gasteiger partial charge is 0.309 e. The first-order valence-electron chi connectivity index (χ1n) is 20.8. The van der Waals surface area contributed by atoms with Gasteiger partial charge in [0, 0.05) is 38.7 Å². The Labute approximate surface area is 353 Å². The van der Waals surface area contributed by atoms with E-state index in [9.17, 15) is 0 Å². The molecule has 284 valence electrons. The fraction of sp³-hybridized carbons (Fsp3) is 0. The average Bonchev–Trinajstić information content (AvgIpc) is 3.68. The minimum atomic E-state index is 0.688. The highest BCUT2D eigenvalue weighted by molar-refractivity contribution is 6.21. The quantitative estimate of drug-likeness (QED) is 0.124. The highest BCUT2D eigenvalue weighted by Crippen LogP contribution is 2.44. The lowest BCUT2D eigenvalue weighted by Gasteiger charge is -2.18. The Morgan fingerprint density at radius 2 is 0.918 bits per heavy atom. The standard InChI is InChI=1S/C58H37N3/c1-3-18-39(19-4-1)58-59-53(42-22-15-21-40(35-42)46-30-16-31-51-48-28-13-14-32-55(48)61(57(46)51)43-23-5-2-6-24-43)37-54(60-58)47-27-11-12-29-49(47)56-45-26-10-8-20-41(45)36-52-44-25-9-7-17-38(44)33-34-50(52)56/h1-37H. The summed E-state index contributed by atoms with van der Waals surface area (Å²) < 4.78 is 2.40. The molecular weight excluding hydrogens is 739 g/mol. The highest BCUT2D eigenvalue weighted by Gasteiger charge is 2.20. The molecule has 12 rings (SSSR count). The number of para-hydroxylation sites is 3. The van der Waals surface area contributed by atoms with Crippen LogP contribution >= 0.6 is 0 Å². The van der Waals surface area contributed by atoms with Crippen LogP contribution in [0.25, 0.3) is 116 Å². The van der Waals surface area contributed by atoms with Gasteiger partial charge in [-0.2, -0.15) is 0 Å². The topological polar surface area (TPSA) is 30.7 Å². The predicted molar refractivity (Wildman–Crippen MR) is 256 cm³/mol. The van der Waals surface area contributed by atoms with Gasteiger partial charge in [0.2, 0.25) is 0 Å². The number of hydrogen-bond donors (Lipinski definition) is 0. The van der Waals surface area contributed by atoms with E-state index in [0.717, 1.165) is 50.5 Å². The third kappa shape index (κ3) is 5.82. The van der Waals surface area contributed by atoms with Crippen molar-refractivity contribution in [3.05, 3.63) is 224 Å². The second kappa shape index (κ2) is 14.3. The molecule has 12 aromatic rings. The number of fused-ring (bicyclic) bond motifs is 7. The number of benzene rings is 10. The van der Waals surface area contributed by atoms with E-state index in [0.29, 0.717) is 5.82 Å². The van der Waals surface area contributed by atoms with Crippen molar-refractivity contribution in [1.82, 2.24) is 14.5 Å². The Hall–Kier alpha value is -8.14. The zero-order chi connectivity index (χ0) is 40.3. The fourth-order valence-corrected chi connectivity index (χ4v) is 9.43. The first kappa shape index (κ1) is 34.9. The van der Waals surface area contributed by atoms with Crippen molar-refractivity contribution < 1.29 is 0 Å². The summed E-state index contributed by atoms with van der Waals surface area (Å²) >= 11 is 0. The molecule has 0 bridgehead atoms. The molecule has 0 amide bonds. The van der Waals surface area contributed by atoms with E-state index < -0.39 is 0 Å². The van der Waals surface area contributed by atoms with Crippen LogP contribution in [0.15, 0.2) is 224 Å². The third-order valence-corrected chi connectivity index (χ3v) is 12.2. The SMILES string of the molecule is c1ccc(-c2nc(-c3cccc(-c4cccc5c6ccccc6n(-c6ccccc6)c45)c3)cc(-c3ccccc3-c3c4ccccc4cc4c3ccc3ccccc34)n2)cc1. The van der Waals surface area contributed by atoms with Gasteiger partial charge in [-0.1, -0.05) is 188 Å². The Kier molecular flexibility index (Phi) is 8.17. The molecule has 3 heteroatoms. The highest BCUT2D eigenvalue weighted by atomic mass is 15.0. The van der Waals surface area contributed by atoms with E-state index >= 15 is 0 Å². The molecule has 2 heterocycles. The summed E-state index contributed by atoms with van der Waals surface area (Å²) in [6, 6.07) is 80.5. The third-order valence-electron chi connectivity index (χ3n) is 12.2. The maximum Gasteiger partial charge on any atom is 0.160 e. The summed E-state index contributed by atoms with van der Waals surface area (Å²) in [6.45, 7) is 0. The van der Waals surface area contributed by atoms with Crippen LogP contribution in [-0.2, 0) is 0 Å². The van der Waals surface area contributed by atoms with Gasteiger partial charge >= 0.3 is 0 Å². The van der Waals surface area contributed by atoms with Crippen molar-refractivity contribution >= 4 is 54.1 Å². The molecule has 0 unspecified atom stereocenters. The molecule has 10 aromatic carbocycles. The molecule has 61 heavy (non-hydrogen) atoms. The maximum absolute atomic E-state index is 5.37. The summed E-state index contributed by atoms with van der Waals surface area (Å²) in [5.41, 5.74) is 12.9. The molecular formula is C58H37N3. The van der Waals surface area contributed by atoms with E-state index in [1.165, 1.54) is 59.7 Å². The Morgan fingerprint density at radius 1 is 0.311 bits per heavy atom. The predicted octanol–water partition coefficient (Wildman–Crippen LogP) is 15.4. The first-order chi connectivity index (χ1) is 30.3. The first-order valence-corrected chi connectivity index (χ1v) is 20.8. The molecule has 0 radical (unpaired) electrons. The van der Waals surface area contributed by atoms with E-state index in [2.05, 4.69) is 223 Å². The van der Waals surface area contributed by atoms with Crippen LogP contribution in [0.3, 0.4) is 0 Å². The van der Waals surface area contributed by atoms with Gasteiger partial charge in [0.25, 0.3) is 0 Å². The zero-order valence-corrected chi connectivity index (χ0v) is 33.2. The van der Waals surface area contributed by atoms with Gasteiger partial charge < -0.3 is 4.57 Å². The monoisotopic (exact) mass is 775 g/mol. The van der Waals surface area contributed by atoms with Crippen molar-refractivity contribution in [1.29, 1.82) is 0 Å². The van der Waals surface area contributed by atoms with Gasteiger partial charge in [-0.15, -0.1) is 0 Å². The van der Waals surface area contributed by atoms with Crippen LogP contribution in [0.5, 0.6) is 0 Å². The van der Waals surface area contributed by atoms with Gasteiger partial charge in [-0.05, 0) is 85.4 Å². The molecule has 0 N–H and O–H groups in total. The summed E-state index contributed by atoms with van der Waals surface area (Å²) in [5.74, 6) is 0.688. The summed E-state index contributed by atoms with van der Waals surface area (Å²) in [6.07, 6.45) is 0. The van der Waals surface area contributed by atoms with Gasteiger partial charge in [-0.3, -0.25) is 0 Å². The van der Waals surface area contributed by atoms with Crippen molar-refractivity contribution in [3.8, 4) is 61.8 Å². The van der Waals surface area contributed by atoms with E-state index in [4.69, 9.17) is 9.97 Å². The molecule has 0 fully saturated rings. The number of hydrogen-bond acceptors (Lipinski definition) is 2. The molecule has 0 saturated carbocycles. The van der Waals surface area contributed by atoms with Crippen molar-refractivity contribution in [2.24, 2.45) is 0 Å². The molecule has 0 aliphatic rings. The van der Waals surface area contributed by atoms with E-state index in [1.807, 2.05) is 6.07 Å². The lowest BCUT2D eigenvalue weighted by Crippen LogP contribution is -1.98. The number of nitrogens with zero attached hydrogens (tertiary/aromatic N) is 3. The average molecular weight is 776 g/mol. The molecule has 0 atom stereocenters. The minimum absolute atomic E-state index is 0.688. The molecule has 3 nitrogen and oxygen atoms in total. The molecule has 0 aliphatic carbocycles. The normalized spacial score (nSPS) is 11.6. The second-order valence-electron chi connectivity index (χ2n) is 15.7. The lowest BCUT2D eigenvalue weighted by molar-refractivity contribution is 1.18. The minimum Gasteiger partial charge on any atom is -0.309 e. The second-order valence-corrected chi connectivity index (χ2v) is 15.7. The van der Waals surface area contributed by atoms with Crippen LogP contribution in [0, 0.1) is 0 Å². The van der Waals surface area contributed by atoms with Gasteiger partial charge in [0.1, 0.15) is 0 Å². The van der Waals surface area contributed by atoms with E-state index in [1.54, 1.807) is 0 Å². The lowest BCUT2D eigenvalue weighted by atomic mass is 9.87. The zero-order valence-electron chi connectivity index (χ0n) is 33.2. The molecule has 0 aliphatic heterocycles. The molecule has 2 aromatic heterocycles. The summed E-state index contributed by atoms with van der Waals surface area (Å²) in [5, 5.41) is 9.83. The smallest absolute Gasteiger partial charge is 0.160 e. The Morgan fingerprint density at radius 3 is 1.77 bits per heavy atom.